The lowest BCUT2D eigenvalue weighted by Crippen LogP contribution is -2.44. The van der Waals surface area contributed by atoms with Crippen molar-refractivity contribution in [2.24, 2.45) is 0 Å². The van der Waals surface area contributed by atoms with E-state index in [1.807, 2.05) is 31.2 Å². The summed E-state index contributed by atoms with van der Waals surface area (Å²) >= 11 is 0. The molecule has 0 aliphatic carbocycles. The number of carbonyl (C=O) groups is 2. The monoisotopic (exact) mass is 313 g/mol. The molecule has 6 nitrogen and oxygen atoms in total. The van der Waals surface area contributed by atoms with Crippen LogP contribution in [0.5, 0.6) is 5.75 Å². The molecule has 3 N–H and O–H groups in total. The third kappa shape index (κ3) is 5.35. The number of hydrogen-bond acceptors (Lipinski definition) is 3. The van der Waals surface area contributed by atoms with E-state index in [0.717, 1.165) is 11.1 Å². The van der Waals surface area contributed by atoms with E-state index in [2.05, 4.69) is 16.2 Å². The summed E-state index contributed by atoms with van der Waals surface area (Å²) in [4.78, 5) is 23.6. The van der Waals surface area contributed by atoms with Gasteiger partial charge in [-0.15, -0.1) is 0 Å². The molecule has 2 aromatic carbocycles. The normalized spacial score (nSPS) is 9.83. The fraction of sp³-hybridized carbons (Fsp3) is 0.176. The number of urea groups is 1. The number of amides is 3. The molecule has 0 aliphatic rings. The van der Waals surface area contributed by atoms with Crippen molar-refractivity contribution < 1.29 is 14.3 Å². The molecule has 0 spiro atoms. The Kier molecular flexibility index (Phi) is 5.57. The Balaban J connectivity index is 1.80. The van der Waals surface area contributed by atoms with Crippen LogP contribution in [0.3, 0.4) is 0 Å². The average molecular weight is 313 g/mol. The van der Waals surface area contributed by atoms with Crippen LogP contribution < -0.4 is 20.9 Å². The van der Waals surface area contributed by atoms with Crippen LogP contribution in [-0.4, -0.2) is 19.0 Å². The SMILES string of the molecule is COc1cccc(CC(=O)NNC(=O)Nc2cccc(C)c2)c1. The first-order chi connectivity index (χ1) is 11.1. The summed E-state index contributed by atoms with van der Waals surface area (Å²) < 4.78 is 5.10. The lowest BCUT2D eigenvalue weighted by atomic mass is 10.1. The second kappa shape index (κ2) is 7.84. The maximum absolute atomic E-state index is 11.8. The predicted octanol–water partition coefficient (Wildman–Crippen LogP) is 2.40. The summed E-state index contributed by atoms with van der Waals surface area (Å²) in [6, 6.07) is 14.1. The molecule has 6 heteroatoms. The standard InChI is InChI=1S/C17H19N3O3/c1-12-5-3-7-14(9-12)18-17(22)20-19-16(21)11-13-6-4-8-15(10-13)23-2/h3-10H,11H2,1-2H3,(H,19,21)(H2,18,20,22). The molecule has 0 heterocycles. The van der Waals surface area contributed by atoms with Crippen molar-refractivity contribution in [2.75, 3.05) is 12.4 Å². The molecule has 0 fully saturated rings. The minimum Gasteiger partial charge on any atom is -0.497 e. The quantitative estimate of drug-likeness (QED) is 0.758. The van der Waals surface area contributed by atoms with Gasteiger partial charge in [0.05, 0.1) is 13.5 Å². The fourth-order valence-corrected chi connectivity index (χ4v) is 2.02. The molecule has 0 bridgehead atoms. The van der Waals surface area contributed by atoms with Gasteiger partial charge in [0.25, 0.3) is 0 Å². The van der Waals surface area contributed by atoms with Gasteiger partial charge in [-0.3, -0.25) is 10.2 Å². The maximum Gasteiger partial charge on any atom is 0.337 e. The topological polar surface area (TPSA) is 79.5 Å². The lowest BCUT2D eigenvalue weighted by Gasteiger charge is -2.10. The van der Waals surface area contributed by atoms with Crippen LogP contribution in [0.1, 0.15) is 11.1 Å². The minimum absolute atomic E-state index is 0.141. The second-order valence-corrected chi connectivity index (χ2v) is 5.03. The van der Waals surface area contributed by atoms with E-state index in [-0.39, 0.29) is 12.3 Å². The molecule has 2 rings (SSSR count). The maximum atomic E-state index is 11.8. The van der Waals surface area contributed by atoms with E-state index in [9.17, 15) is 9.59 Å². The van der Waals surface area contributed by atoms with Gasteiger partial charge in [0.2, 0.25) is 5.91 Å². The number of anilines is 1. The van der Waals surface area contributed by atoms with Gasteiger partial charge in [-0.25, -0.2) is 10.2 Å². The minimum atomic E-state index is -0.505. The van der Waals surface area contributed by atoms with Gasteiger partial charge in [-0.2, -0.15) is 0 Å². The first kappa shape index (κ1) is 16.4. The van der Waals surface area contributed by atoms with E-state index in [4.69, 9.17) is 4.74 Å². The zero-order valence-electron chi connectivity index (χ0n) is 13.1. The molecule has 0 saturated carbocycles. The van der Waals surface area contributed by atoms with Crippen LogP contribution in [0.25, 0.3) is 0 Å². The second-order valence-electron chi connectivity index (χ2n) is 5.03. The molecule has 0 saturated heterocycles. The van der Waals surface area contributed by atoms with Crippen molar-refractivity contribution in [3.8, 4) is 5.75 Å². The molecule has 120 valence electrons. The lowest BCUT2D eigenvalue weighted by molar-refractivity contribution is -0.121. The fourth-order valence-electron chi connectivity index (χ4n) is 2.02. The van der Waals surface area contributed by atoms with E-state index in [0.29, 0.717) is 11.4 Å². The van der Waals surface area contributed by atoms with E-state index < -0.39 is 6.03 Å². The highest BCUT2D eigenvalue weighted by Crippen LogP contribution is 2.12. The van der Waals surface area contributed by atoms with Gasteiger partial charge in [0, 0.05) is 5.69 Å². The Bertz CT molecular complexity index is 701. The molecule has 0 atom stereocenters. The van der Waals surface area contributed by atoms with Crippen molar-refractivity contribution in [3.63, 3.8) is 0 Å². The summed E-state index contributed by atoms with van der Waals surface area (Å²) in [5.74, 6) is 0.359. The van der Waals surface area contributed by atoms with Gasteiger partial charge >= 0.3 is 6.03 Å². The van der Waals surface area contributed by atoms with Crippen LogP contribution in [0.15, 0.2) is 48.5 Å². The van der Waals surface area contributed by atoms with Gasteiger partial charge < -0.3 is 10.1 Å². The van der Waals surface area contributed by atoms with Crippen molar-refractivity contribution in [1.82, 2.24) is 10.9 Å². The predicted molar refractivity (Wildman–Crippen MR) is 88.2 cm³/mol. The number of hydrogen-bond donors (Lipinski definition) is 3. The number of hydrazine groups is 1. The zero-order chi connectivity index (χ0) is 16.7. The molecule has 3 amide bonds. The summed E-state index contributed by atoms with van der Waals surface area (Å²) in [5.41, 5.74) is 7.16. The van der Waals surface area contributed by atoms with Crippen LogP contribution >= 0.6 is 0 Å². The van der Waals surface area contributed by atoms with Crippen molar-refractivity contribution in [1.29, 1.82) is 0 Å². The van der Waals surface area contributed by atoms with Crippen molar-refractivity contribution in [2.45, 2.75) is 13.3 Å². The van der Waals surface area contributed by atoms with E-state index in [1.54, 1.807) is 31.4 Å². The highest BCUT2D eigenvalue weighted by atomic mass is 16.5. The molecular formula is C17H19N3O3. The Morgan fingerprint density at radius 1 is 1.04 bits per heavy atom. The van der Waals surface area contributed by atoms with Gasteiger partial charge in [0.1, 0.15) is 5.75 Å². The molecule has 0 radical (unpaired) electrons. The highest BCUT2D eigenvalue weighted by Gasteiger charge is 2.06. The van der Waals surface area contributed by atoms with Crippen LogP contribution in [-0.2, 0) is 11.2 Å². The summed E-state index contributed by atoms with van der Waals surface area (Å²) in [6.45, 7) is 1.93. The smallest absolute Gasteiger partial charge is 0.337 e. The van der Waals surface area contributed by atoms with Crippen molar-refractivity contribution >= 4 is 17.6 Å². The Labute approximate surface area is 134 Å². The number of rotatable bonds is 4. The molecular weight excluding hydrogens is 294 g/mol. The number of nitrogens with one attached hydrogen (secondary N) is 3. The number of carbonyl (C=O) groups excluding carboxylic acids is 2. The van der Waals surface area contributed by atoms with Crippen molar-refractivity contribution in [3.05, 3.63) is 59.7 Å². The highest BCUT2D eigenvalue weighted by molar-refractivity contribution is 5.91. The first-order valence-corrected chi connectivity index (χ1v) is 7.12. The largest absolute Gasteiger partial charge is 0.497 e. The Morgan fingerprint density at radius 2 is 1.83 bits per heavy atom. The zero-order valence-corrected chi connectivity index (χ0v) is 13.1. The first-order valence-electron chi connectivity index (χ1n) is 7.12. The molecule has 2 aromatic rings. The van der Waals surface area contributed by atoms with E-state index in [1.165, 1.54) is 0 Å². The molecule has 0 aliphatic heterocycles. The third-order valence-corrected chi connectivity index (χ3v) is 3.09. The number of aryl methyl sites for hydroxylation is 1. The molecule has 0 unspecified atom stereocenters. The summed E-state index contributed by atoms with van der Waals surface area (Å²) in [7, 11) is 1.57. The van der Waals surface area contributed by atoms with E-state index >= 15 is 0 Å². The Morgan fingerprint density at radius 3 is 2.57 bits per heavy atom. The van der Waals surface area contributed by atoms with Gasteiger partial charge in [-0.1, -0.05) is 24.3 Å². The summed E-state index contributed by atoms with van der Waals surface area (Å²) in [6.07, 6.45) is 0.141. The molecule has 23 heavy (non-hydrogen) atoms. The number of benzene rings is 2. The van der Waals surface area contributed by atoms with Crippen LogP contribution in [0.4, 0.5) is 10.5 Å². The van der Waals surface area contributed by atoms with Gasteiger partial charge in [-0.05, 0) is 42.3 Å². The van der Waals surface area contributed by atoms with Gasteiger partial charge in [0.15, 0.2) is 0 Å². The summed E-state index contributed by atoms with van der Waals surface area (Å²) in [5, 5.41) is 2.64. The van der Waals surface area contributed by atoms with Crippen LogP contribution in [0.2, 0.25) is 0 Å². The number of ether oxygens (including phenoxy) is 1. The number of methoxy groups -OCH3 is 1. The Hall–Kier alpha value is -3.02. The third-order valence-electron chi connectivity index (χ3n) is 3.09. The molecule has 0 aromatic heterocycles. The average Bonchev–Trinajstić information content (AvgIpc) is 2.53. The van der Waals surface area contributed by atoms with Crippen LogP contribution in [0, 0.1) is 6.92 Å².